The Bertz CT molecular complexity index is 664. The smallest absolute Gasteiger partial charge is 0.387 e. The van der Waals surface area contributed by atoms with Gasteiger partial charge in [0.1, 0.15) is 5.75 Å². The molecule has 0 atom stereocenters. The van der Waals surface area contributed by atoms with Crippen LogP contribution < -0.4 is 10.1 Å². The fraction of sp³-hybridized carbons (Fsp3) is 0.167. The van der Waals surface area contributed by atoms with Crippen molar-refractivity contribution in [1.29, 1.82) is 0 Å². The summed E-state index contributed by atoms with van der Waals surface area (Å²) in [5, 5.41) is 2.73. The highest BCUT2D eigenvalue weighted by molar-refractivity contribution is 5.91. The quantitative estimate of drug-likeness (QED) is 0.820. The molecular formula is C18H17F2NO2. The van der Waals surface area contributed by atoms with Crippen molar-refractivity contribution in [2.75, 3.05) is 0 Å². The molecule has 0 saturated carbocycles. The molecule has 0 bridgehead atoms. The molecule has 2 aromatic rings. The van der Waals surface area contributed by atoms with Crippen LogP contribution in [0.3, 0.4) is 0 Å². The largest absolute Gasteiger partial charge is 0.435 e. The van der Waals surface area contributed by atoms with Crippen molar-refractivity contribution in [2.24, 2.45) is 0 Å². The molecule has 0 aliphatic heterocycles. The summed E-state index contributed by atoms with van der Waals surface area (Å²) in [6.07, 6.45) is 3.19. The molecule has 3 nitrogen and oxygen atoms in total. The molecule has 0 saturated heterocycles. The molecule has 23 heavy (non-hydrogen) atoms. The maximum atomic E-state index is 12.0. The number of amides is 1. The Kier molecular flexibility index (Phi) is 5.86. The van der Waals surface area contributed by atoms with Crippen LogP contribution in [0.1, 0.15) is 16.7 Å². The molecular weight excluding hydrogens is 300 g/mol. The third kappa shape index (κ3) is 5.90. The number of carbonyl (C=O) groups is 1. The normalized spacial score (nSPS) is 11.0. The standard InChI is InChI=1S/C18H17F2NO2/c1-13-2-4-14(5-3-13)8-11-17(22)21-12-15-6-9-16(10-7-15)23-18(19)20/h2-11,18H,12H2,1H3,(H,21,22)/b11-8+. The second-order valence-electron chi connectivity index (χ2n) is 4.98. The molecule has 1 N–H and O–H groups in total. The average Bonchev–Trinajstić information content (AvgIpc) is 2.53. The molecule has 0 spiro atoms. The van der Waals surface area contributed by atoms with E-state index in [2.05, 4.69) is 10.1 Å². The van der Waals surface area contributed by atoms with Crippen LogP contribution in [-0.4, -0.2) is 12.5 Å². The van der Waals surface area contributed by atoms with E-state index >= 15 is 0 Å². The zero-order valence-electron chi connectivity index (χ0n) is 12.6. The number of rotatable bonds is 6. The summed E-state index contributed by atoms with van der Waals surface area (Å²) in [6.45, 7) is -0.531. The minimum Gasteiger partial charge on any atom is -0.435 e. The summed E-state index contributed by atoms with van der Waals surface area (Å²) in [4.78, 5) is 11.7. The molecule has 0 heterocycles. The van der Waals surface area contributed by atoms with Crippen LogP contribution in [0.25, 0.3) is 6.08 Å². The van der Waals surface area contributed by atoms with Gasteiger partial charge in [0.25, 0.3) is 0 Å². The highest BCUT2D eigenvalue weighted by Gasteiger charge is 2.04. The first-order chi connectivity index (χ1) is 11.0. The molecule has 2 rings (SSSR count). The van der Waals surface area contributed by atoms with Crippen molar-refractivity contribution in [3.05, 3.63) is 71.3 Å². The lowest BCUT2D eigenvalue weighted by atomic mass is 10.1. The van der Waals surface area contributed by atoms with Gasteiger partial charge in [0.05, 0.1) is 0 Å². The number of hydrogen-bond donors (Lipinski definition) is 1. The van der Waals surface area contributed by atoms with Crippen molar-refractivity contribution in [3.8, 4) is 5.75 Å². The Balaban J connectivity index is 1.83. The van der Waals surface area contributed by atoms with Crippen molar-refractivity contribution in [1.82, 2.24) is 5.32 Å². The first kappa shape index (κ1) is 16.7. The van der Waals surface area contributed by atoms with E-state index in [9.17, 15) is 13.6 Å². The number of benzene rings is 2. The molecule has 0 aromatic heterocycles. The van der Waals surface area contributed by atoms with E-state index in [1.165, 1.54) is 18.2 Å². The number of carbonyl (C=O) groups excluding carboxylic acids is 1. The van der Waals surface area contributed by atoms with Gasteiger partial charge in [0.15, 0.2) is 0 Å². The Labute approximate surface area is 133 Å². The first-order valence-corrected chi connectivity index (χ1v) is 7.09. The summed E-state index contributed by atoms with van der Waals surface area (Å²) >= 11 is 0. The minimum absolute atomic E-state index is 0.0920. The van der Waals surface area contributed by atoms with E-state index in [0.717, 1.165) is 16.7 Å². The SMILES string of the molecule is Cc1ccc(/C=C/C(=O)NCc2ccc(OC(F)F)cc2)cc1. The zero-order valence-corrected chi connectivity index (χ0v) is 12.6. The molecule has 5 heteroatoms. The minimum atomic E-state index is -2.84. The Morgan fingerprint density at radius 3 is 2.39 bits per heavy atom. The number of alkyl halides is 2. The van der Waals surface area contributed by atoms with Gasteiger partial charge < -0.3 is 10.1 Å². The van der Waals surface area contributed by atoms with E-state index in [4.69, 9.17) is 0 Å². The molecule has 0 fully saturated rings. The Morgan fingerprint density at radius 1 is 1.13 bits per heavy atom. The van der Waals surface area contributed by atoms with Crippen LogP contribution in [-0.2, 0) is 11.3 Å². The molecule has 0 unspecified atom stereocenters. The molecule has 120 valence electrons. The van der Waals surface area contributed by atoms with Crippen LogP contribution >= 0.6 is 0 Å². The fourth-order valence-corrected chi connectivity index (χ4v) is 1.89. The lowest BCUT2D eigenvalue weighted by molar-refractivity contribution is -0.116. The second kappa shape index (κ2) is 8.08. The average molecular weight is 317 g/mol. The summed E-state index contributed by atoms with van der Waals surface area (Å²) < 4.78 is 28.3. The van der Waals surface area contributed by atoms with Gasteiger partial charge in [-0.2, -0.15) is 8.78 Å². The third-order valence-electron chi connectivity index (χ3n) is 3.12. The van der Waals surface area contributed by atoms with Gasteiger partial charge in [0, 0.05) is 12.6 Å². The topological polar surface area (TPSA) is 38.3 Å². The number of nitrogens with one attached hydrogen (secondary N) is 1. The van der Waals surface area contributed by atoms with Gasteiger partial charge in [-0.15, -0.1) is 0 Å². The van der Waals surface area contributed by atoms with E-state index in [1.807, 2.05) is 31.2 Å². The van der Waals surface area contributed by atoms with Crippen LogP contribution in [0.4, 0.5) is 8.78 Å². The monoisotopic (exact) mass is 317 g/mol. The van der Waals surface area contributed by atoms with Crippen molar-refractivity contribution in [3.63, 3.8) is 0 Å². The number of halogens is 2. The van der Waals surface area contributed by atoms with Crippen LogP contribution in [0.2, 0.25) is 0 Å². The third-order valence-corrected chi connectivity index (χ3v) is 3.12. The maximum absolute atomic E-state index is 12.0. The maximum Gasteiger partial charge on any atom is 0.387 e. The number of aryl methyl sites for hydroxylation is 1. The first-order valence-electron chi connectivity index (χ1n) is 7.09. The molecule has 0 aliphatic rings. The van der Waals surface area contributed by atoms with E-state index in [1.54, 1.807) is 18.2 Å². The predicted octanol–water partition coefficient (Wildman–Crippen LogP) is 3.93. The van der Waals surface area contributed by atoms with Crippen molar-refractivity contribution in [2.45, 2.75) is 20.1 Å². The van der Waals surface area contributed by atoms with Gasteiger partial charge in [-0.1, -0.05) is 42.0 Å². The van der Waals surface area contributed by atoms with Gasteiger partial charge in [-0.25, -0.2) is 0 Å². The molecule has 2 aromatic carbocycles. The van der Waals surface area contributed by atoms with E-state index < -0.39 is 6.61 Å². The summed E-state index contributed by atoms with van der Waals surface area (Å²) in [5.74, 6) is -0.132. The van der Waals surface area contributed by atoms with Gasteiger partial charge >= 0.3 is 6.61 Å². The molecule has 0 aliphatic carbocycles. The Hall–Kier alpha value is -2.69. The predicted molar refractivity (Wildman–Crippen MR) is 85.1 cm³/mol. The lowest BCUT2D eigenvalue weighted by Gasteiger charge is -2.06. The highest BCUT2D eigenvalue weighted by atomic mass is 19.3. The number of ether oxygens (including phenoxy) is 1. The lowest BCUT2D eigenvalue weighted by Crippen LogP contribution is -2.20. The molecule has 1 amide bonds. The second-order valence-corrected chi connectivity index (χ2v) is 4.98. The van der Waals surface area contributed by atoms with Gasteiger partial charge in [-0.05, 0) is 36.3 Å². The highest BCUT2D eigenvalue weighted by Crippen LogP contribution is 2.14. The Morgan fingerprint density at radius 2 is 1.78 bits per heavy atom. The molecule has 0 radical (unpaired) electrons. The van der Waals surface area contributed by atoms with Crippen molar-refractivity contribution < 1.29 is 18.3 Å². The fourth-order valence-electron chi connectivity index (χ4n) is 1.89. The van der Waals surface area contributed by atoms with Crippen molar-refractivity contribution >= 4 is 12.0 Å². The zero-order chi connectivity index (χ0) is 16.7. The van der Waals surface area contributed by atoms with Gasteiger partial charge in [0.2, 0.25) is 5.91 Å². The number of hydrogen-bond acceptors (Lipinski definition) is 2. The van der Waals surface area contributed by atoms with Crippen LogP contribution in [0.15, 0.2) is 54.6 Å². The summed E-state index contributed by atoms with van der Waals surface area (Å²) in [6, 6.07) is 13.9. The van der Waals surface area contributed by atoms with Crippen LogP contribution in [0.5, 0.6) is 5.75 Å². The van der Waals surface area contributed by atoms with E-state index in [0.29, 0.717) is 6.54 Å². The summed E-state index contributed by atoms with van der Waals surface area (Å²) in [5.41, 5.74) is 2.90. The van der Waals surface area contributed by atoms with E-state index in [-0.39, 0.29) is 11.7 Å². The van der Waals surface area contributed by atoms with Crippen LogP contribution in [0, 0.1) is 6.92 Å². The van der Waals surface area contributed by atoms with Gasteiger partial charge in [-0.3, -0.25) is 4.79 Å². The summed E-state index contributed by atoms with van der Waals surface area (Å²) in [7, 11) is 0.